The van der Waals surface area contributed by atoms with E-state index >= 15 is 4.79 Å². The quantitative estimate of drug-likeness (QED) is 0.331. The van der Waals surface area contributed by atoms with Crippen LogP contribution in [0.15, 0.2) is 58.9 Å². The van der Waals surface area contributed by atoms with Crippen LogP contribution in [-0.2, 0) is 19.6 Å². The molecule has 5 aliphatic heterocycles. The summed E-state index contributed by atoms with van der Waals surface area (Å²) in [6.07, 6.45) is 16.5. The summed E-state index contributed by atoms with van der Waals surface area (Å²) in [5, 5.41) is -0.663. The average molecular weight is 781 g/mol. The van der Waals surface area contributed by atoms with Crippen LogP contribution < -0.4 is 4.72 Å². The van der Waals surface area contributed by atoms with Crippen molar-refractivity contribution >= 4 is 27.4 Å². The Morgan fingerprint density at radius 1 is 0.982 bits per heavy atom. The fraction of sp³-hybridized carbons (Fsp3) is 0.652. The smallest absolute Gasteiger partial charge is 0.264 e. The van der Waals surface area contributed by atoms with Crippen molar-refractivity contribution < 1.29 is 22.7 Å². The maximum Gasteiger partial charge on any atom is 0.264 e. The minimum atomic E-state index is -3.80. The molecule has 1 aromatic carbocycles. The fourth-order valence-corrected chi connectivity index (χ4v) is 15.4. The highest BCUT2D eigenvalue weighted by molar-refractivity contribution is 7.90. The normalized spacial score (nSPS) is 37.9. The van der Waals surface area contributed by atoms with Gasteiger partial charge in [-0.25, -0.2) is 13.1 Å². The van der Waals surface area contributed by atoms with Crippen molar-refractivity contribution in [3.05, 3.63) is 75.6 Å². The predicted octanol–water partition coefficient (Wildman–Crippen LogP) is 6.66. The molecule has 9 fully saturated rings. The third-order valence-electron chi connectivity index (χ3n) is 17.0. The van der Waals surface area contributed by atoms with Crippen LogP contribution >= 0.6 is 0 Å². The van der Waals surface area contributed by atoms with Gasteiger partial charge >= 0.3 is 0 Å². The lowest BCUT2D eigenvalue weighted by atomic mass is 9.52. The van der Waals surface area contributed by atoms with Gasteiger partial charge in [0.15, 0.2) is 0 Å². The summed E-state index contributed by atoms with van der Waals surface area (Å²) >= 11 is 0. The van der Waals surface area contributed by atoms with Gasteiger partial charge in [0.1, 0.15) is 5.76 Å². The number of hydrogen-bond donors (Lipinski definition) is 1. The van der Waals surface area contributed by atoms with Crippen LogP contribution in [0.3, 0.4) is 0 Å². The molecule has 9 nitrogen and oxygen atoms in total. The Kier molecular flexibility index (Phi) is 8.37. The Hall–Kier alpha value is -3.21. The van der Waals surface area contributed by atoms with Gasteiger partial charge < -0.3 is 14.5 Å². The first-order valence-electron chi connectivity index (χ1n) is 21.6. The van der Waals surface area contributed by atoms with E-state index in [2.05, 4.69) is 64.7 Å². The number of sulfonamides is 1. The Morgan fingerprint density at radius 2 is 1.73 bits per heavy atom. The molecule has 11 aliphatic rings. The molecule has 1 aromatic rings. The fourth-order valence-electron chi connectivity index (χ4n) is 14.4. The second-order valence-corrected chi connectivity index (χ2v) is 21.6. The van der Waals surface area contributed by atoms with Crippen LogP contribution in [0.5, 0.6) is 0 Å². The number of carbonyl (C=O) groups excluding carboxylic acids is 2. The summed E-state index contributed by atoms with van der Waals surface area (Å²) in [6.45, 7) is 9.87. The molecule has 0 aromatic heterocycles. The maximum atomic E-state index is 15.7. The third-order valence-corrected chi connectivity index (χ3v) is 18.8. The minimum Gasteiger partial charge on any atom is -0.497 e. The first-order chi connectivity index (χ1) is 26.8. The van der Waals surface area contributed by atoms with Crippen molar-refractivity contribution in [3.8, 4) is 0 Å². The first kappa shape index (κ1) is 37.1. The van der Waals surface area contributed by atoms with E-state index in [0.717, 1.165) is 76.0 Å². The number of carbonyl (C=O) groups is 2. The molecule has 6 bridgehead atoms. The number of fused-ring (bicyclic) bond motifs is 10. The van der Waals surface area contributed by atoms with Gasteiger partial charge in [0.05, 0.1) is 23.8 Å². The van der Waals surface area contributed by atoms with Crippen molar-refractivity contribution in [2.45, 2.75) is 108 Å². The Bertz CT molecular complexity index is 2140. The molecule has 300 valence electrons. The van der Waals surface area contributed by atoms with Gasteiger partial charge in [-0.3, -0.25) is 14.5 Å². The highest BCUT2D eigenvalue weighted by Crippen LogP contribution is 2.76. The van der Waals surface area contributed by atoms with Gasteiger partial charge in [-0.15, -0.1) is 0 Å². The average Bonchev–Trinajstić information content (AvgIpc) is 3.45. The maximum absolute atomic E-state index is 15.7. The van der Waals surface area contributed by atoms with Gasteiger partial charge in [0.25, 0.3) is 5.91 Å². The zero-order valence-corrected chi connectivity index (χ0v) is 35.0. The molecule has 9 atom stereocenters. The number of likely N-dealkylation sites (N-methyl/N-ethyl adjacent to an activating group) is 1. The summed E-state index contributed by atoms with van der Waals surface area (Å²) in [5.74, 6) is 1.47. The SMILES string of the molecule is CCC(C)S(=O)(=O)NC(=O)c1ccc2c(c1)C1CCC3(C(=O)N4CC56CN(C)CC57CN(C)C6C47)C(C)C3C3=CC(OC)=CCC=C3C(=C2C2CCCCC2)C1. The number of nitrogens with one attached hydrogen (secondary N) is 1. The molecule has 1 N–H and O–H groups in total. The summed E-state index contributed by atoms with van der Waals surface area (Å²) in [5.41, 5.74) is 8.00. The number of rotatable bonds is 7. The second-order valence-electron chi connectivity index (χ2n) is 19.5. The largest absolute Gasteiger partial charge is 0.497 e. The zero-order valence-electron chi connectivity index (χ0n) is 34.2. The number of amides is 2. The van der Waals surface area contributed by atoms with Crippen LogP contribution in [0.2, 0.25) is 0 Å². The van der Waals surface area contributed by atoms with E-state index < -0.39 is 26.6 Å². The monoisotopic (exact) mass is 780 g/mol. The van der Waals surface area contributed by atoms with E-state index in [1.54, 1.807) is 14.0 Å². The Labute approximate surface area is 333 Å². The molecule has 9 unspecified atom stereocenters. The molecule has 0 radical (unpaired) electrons. The van der Waals surface area contributed by atoms with E-state index in [0.29, 0.717) is 29.9 Å². The van der Waals surface area contributed by atoms with E-state index in [-0.39, 0.29) is 34.6 Å². The van der Waals surface area contributed by atoms with Crippen molar-refractivity contribution in [1.29, 1.82) is 0 Å². The molecule has 2 amide bonds. The van der Waals surface area contributed by atoms with Crippen molar-refractivity contribution in [2.24, 2.45) is 34.0 Å². The molecule has 10 heteroatoms. The second kappa shape index (κ2) is 12.6. The molecule has 5 heterocycles. The van der Waals surface area contributed by atoms with Gasteiger partial charge in [0.2, 0.25) is 15.9 Å². The number of ether oxygens (including phenoxy) is 1. The molecule has 5 saturated heterocycles. The number of benzene rings is 1. The van der Waals surface area contributed by atoms with E-state index in [4.69, 9.17) is 4.74 Å². The van der Waals surface area contributed by atoms with Gasteiger partial charge in [-0.1, -0.05) is 45.3 Å². The summed E-state index contributed by atoms with van der Waals surface area (Å²) < 4.78 is 34.5. The number of hydrogen-bond acceptors (Lipinski definition) is 7. The van der Waals surface area contributed by atoms with Crippen molar-refractivity contribution in [3.63, 3.8) is 0 Å². The van der Waals surface area contributed by atoms with Crippen LogP contribution in [-0.4, -0.2) is 99.6 Å². The van der Waals surface area contributed by atoms with Gasteiger partial charge in [-0.2, -0.15) is 0 Å². The molecule has 2 spiro atoms. The highest BCUT2D eigenvalue weighted by atomic mass is 32.2. The predicted molar refractivity (Wildman–Crippen MR) is 218 cm³/mol. The Morgan fingerprint density at radius 3 is 2.45 bits per heavy atom. The van der Waals surface area contributed by atoms with Crippen LogP contribution in [0.4, 0.5) is 0 Å². The summed E-state index contributed by atoms with van der Waals surface area (Å²) in [4.78, 5) is 36.9. The zero-order chi connectivity index (χ0) is 39.1. The third kappa shape index (κ3) is 4.81. The molecular weight excluding hydrogens is 721 g/mol. The number of nitrogens with zero attached hydrogens (tertiary/aromatic N) is 3. The van der Waals surface area contributed by atoms with E-state index in [1.807, 2.05) is 19.1 Å². The summed E-state index contributed by atoms with van der Waals surface area (Å²) in [6, 6.07) is 6.68. The minimum absolute atomic E-state index is 0.0956. The molecular formula is C46H60N4O5S. The van der Waals surface area contributed by atoms with Crippen molar-refractivity contribution in [2.75, 3.05) is 47.4 Å². The number of methoxy groups -OCH3 is 1. The lowest BCUT2D eigenvalue weighted by Gasteiger charge is -2.50. The summed E-state index contributed by atoms with van der Waals surface area (Å²) in [7, 11) is 2.49. The number of allylic oxidation sites excluding steroid dienone is 7. The number of likely N-dealkylation sites (tertiary alicyclic amines) is 1. The molecule has 6 aliphatic carbocycles. The van der Waals surface area contributed by atoms with Crippen LogP contribution in [0.25, 0.3) is 5.57 Å². The van der Waals surface area contributed by atoms with E-state index in [9.17, 15) is 13.2 Å². The molecule has 12 rings (SSSR count). The van der Waals surface area contributed by atoms with Crippen LogP contribution in [0, 0.1) is 34.0 Å². The molecule has 4 saturated carbocycles. The van der Waals surface area contributed by atoms with Gasteiger partial charge in [-0.05, 0) is 141 Å². The van der Waals surface area contributed by atoms with Crippen molar-refractivity contribution in [1.82, 2.24) is 19.4 Å². The van der Waals surface area contributed by atoms with Crippen LogP contribution in [0.1, 0.15) is 112 Å². The van der Waals surface area contributed by atoms with E-state index in [1.165, 1.54) is 47.1 Å². The first-order valence-corrected chi connectivity index (χ1v) is 23.2. The lowest BCUT2D eigenvalue weighted by Crippen LogP contribution is -2.64. The van der Waals surface area contributed by atoms with Gasteiger partial charge in [0, 0.05) is 54.5 Å². The topological polar surface area (TPSA) is 99.3 Å². The lowest BCUT2D eigenvalue weighted by molar-refractivity contribution is -0.140. The highest BCUT2D eigenvalue weighted by Gasteiger charge is 2.87. The molecule has 56 heavy (non-hydrogen) atoms. The Balaban J connectivity index is 1.09. The standard InChI is InChI=1S/C46H60N4O5S/c1-7-27(2)56(53,54)47-42(51)31-16-17-34-35(21-31)30-18-19-46(43(52)50-26-45-24-48(4)23-44(45)25-49(5)40(45)41(44)50)28(3)39(46)37-22-32(55-6)14-11-15-33(37)36(20-30)38(34)29-12-9-8-10-13-29/h14-17,21-22,27-30,39-41H,7-13,18-20,23-26H2,1-6H3,(H,47,51).